The average Bonchev–Trinajstić information content (AvgIpc) is 2.49. The fourth-order valence-electron chi connectivity index (χ4n) is 0.643. The number of rotatable bonds is 4. The first-order valence-corrected chi connectivity index (χ1v) is 6.94. The topological polar surface area (TPSA) is 55.4 Å². The lowest BCUT2D eigenvalue weighted by Gasteiger charge is -2.07. The summed E-state index contributed by atoms with van der Waals surface area (Å²) >= 11 is 4.32. The summed E-state index contributed by atoms with van der Waals surface area (Å²) in [5.74, 6) is 0. The van der Waals surface area contributed by atoms with Crippen molar-refractivity contribution in [3.05, 3.63) is 15.9 Å². The Kier molecular flexibility index (Phi) is 4.08. The summed E-state index contributed by atoms with van der Waals surface area (Å²) in [5, 5.41) is 0. The third-order valence-electron chi connectivity index (χ3n) is 1.21. The Morgan fingerprint density at radius 3 is 2.57 bits per heavy atom. The van der Waals surface area contributed by atoms with Gasteiger partial charge < -0.3 is 0 Å². The molecule has 1 rings (SSSR count). The van der Waals surface area contributed by atoms with Gasteiger partial charge in [0.25, 0.3) is 10.0 Å². The van der Waals surface area contributed by atoms with Crippen LogP contribution in [-0.4, -0.2) is 14.5 Å². The number of nitrogens with one attached hydrogen (secondary N) is 1. The van der Waals surface area contributed by atoms with Crippen molar-refractivity contribution in [3.63, 3.8) is 0 Å². The second-order valence-corrected chi connectivity index (χ2v) is 7.15. The molecule has 1 heterocycles. The van der Waals surface area contributed by atoms with Gasteiger partial charge in [0, 0.05) is 0 Å². The molecule has 0 aliphatic rings. The zero-order valence-electron chi connectivity index (χ0n) is 7.65. The van der Waals surface area contributed by atoms with Crippen molar-refractivity contribution >= 4 is 37.3 Å². The van der Waals surface area contributed by atoms with E-state index >= 15 is 0 Å². The lowest BCUT2D eigenvalue weighted by atomic mass is 10.5. The van der Waals surface area contributed by atoms with E-state index in [9.17, 15) is 8.42 Å². The van der Waals surface area contributed by atoms with Crippen LogP contribution in [0, 0.1) is 0 Å². The highest BCUT2D eigenvalue weighted by Gasteiger charge is 2.16. The molecule has 80 valence electrons. The fraction of sp³-hybridized carbons (Fsp3) is 0.429. The van der Waals surface area contributed by atoms with E-state index in [1.165, 1.54) is 6.07 Å². The van der Waals surface area contributed by atoms with Crippen LogP contribution >= 0.6 is 27.3 Å². The van der Waals surface area contributed by atoms with Gasteiger partial charge in [-0.05, 0) is 41.9 Å². The molecule has 0 spiro atoms. The molecule has 1 aromatic heterocycles. The van der Waals surface area contributed by atoms with Gasteiger partial charge in [0.05, 0.1) is 9.89 Å². The van der Waals surface area contributed by atoms with E-state index in [2.05, 4.69) is 15.9 Å². The highest BCUT2D eigenvalue weighted by atomic mass is 79.9. The van der Waals surface area contributed by atoms with Gasteiger partial charge in [-0.15, -0.1) is 11.3 Å². The first-order valence-electron chi connectivity index (χ1n) is 3.84. The molecule has 0 radical (unpaired) electrons. The summed E-state index contributed by atoms with van der Waals surface area (Å²) in [7, 11) is -3.52. The molecule has 0 aromatic carbocycles. The number of hydrogen-bond donors (Lipinski definition) is 1. The molecule has 4 nitrogen and oxygen atoms in total. The predicted octanol–water partition coefficient (Wildman–Crippen LogP) is 2.13. The fourth-order valence-corrected chi connectivity index (χ4v) is 3.54. The highest BCUT2D eigenvalue weighted by Crippen LogP contribution is 2.25. The predicted molar refractivity (Wildman–Crippen MR) is 58.6 cm³/mol. The van der Waals surface area contributed by atoms with Crippen LogP contribution in [0.25, 0.3) is 0 Å². The Bertz CT molecular complexity index is 399. The summed E-state index contributed by atoms with van der Waals surface area (Å²) in [6.45, 7) is 3.49. The van der Waals surface area contributed by atoms with E-state index in [1.807, 2.05) is 4.89 Å². The summed E-state index contributed by atoms with van der Waals surface area (Å²) in [6, 6.07) is 3.19. The van der Waals surface area contributed by atoms with Crippen molar-refractivity contribution in [2.24, 2.45) is 0 Å². The monoisotopic (exact) mass is 299 g/mol. The van der Waals surface area contributed by atoms with Gasteiger partial charge in [0.1, 0.15) is 4.21 Å². The van der Waals surface area contributed by atoms with Crippen molar-refractivity contribution in [3.8, 4) is 0 Å². The smallest absolute Gasteiger partial charge is 0.271 e. The SMILES string of the molecule is CC(C)ONS(=O)(=O)c1ccc(Br)s1. The van der Waals surface area contributed by atoms with Gasteiger partial charge >= 0.3 is 0 Å². The van der Waals surface area contributed by atoms with Gasteiger partial charge in [0.2, 0.25) is 0 Å². The molecule has 0 unspecified atom stereocenters. The third-order valence-corrected chi connectivity index (χ3v) is 4.51. The van der Waals surface area contributed by atoms with Crippen LogP contribution in [0.3, 0.4) is 0 Å². The van der Waals surface area contributed by atoms with Crippen LogP contribution in [0.15, 0.2) is 20.1 Å². The molecule has 0 aliphatic heterocycles. The summed E-state index contributed by atoms with van der Waals surface area (Å²) < 4.78 is 24.0. The summed E-state index contributed by atoms with van der Waals surface area (Å²) in [6.07, 6.45) is -0.187. The Labute approximate surface area is 95.4 Å². The van der Waals surface area contributed by atoms with Crippen molar-refractivity contribution < 1.29 is 13.3 Å². The van der Waals surface area contributed by atoms with E-state index in [4.69, 9.17) is 4.84 Å². The molecule has 14 heavy (non-hydrogen) atoms. The molecule has 0 fully saturated rings. The largest absolute Gasteiger partial charge is 0.284 e. The minimum Gasteiger partial charge on any atom is -0.284 e. The number of halogens is 1. The van der Waals surface area contributed by atoms with Crippen LogP contribution in [0.5, 0.6) is 0 Å². The maximum absolute atomic E-state index is 11.5. The van der Waals surface area contributed by atoms with Crippen LogP contribution in [-0.2, 0) is 14.9 Å². The number of sulfonamides is 1. The second-order valence-electron chi connectivity index (χ2n) is 2.81. The van der Waals surface area contributed by atoms with Gasteiger partial charge in [-0.2, -0.15) is 0 Å². The Morgan fingerprint density at radius 1 is 1.50 bits per heavy atom. The first-order chi connectivity index (χ1) is 6.42. The average molecular weight is 300 g/mol. The maximum atomic E-state index is 11.5. The zero-order chi connectivity index (χ0) is 10.8. The van der Waals surface area contributed by atoms with Crippen LogP contribution in [0.4, 0.5) is 0 Å². The van der Waals surface area contributed by atoms with E-state index in [1.54, 1.807) is 19.9 Å². The molecule has 0 saturated carbocycles. The van der Waals surface area contributed by atoms with Crippen LogP contribution in [0.2, 0.25) is 0 Å². The lowest BCUT2D eigenvalue weighted by molar-refractivity contribution is 0.0410. The molecule has 1 aromatic rings. The molecule has 0 atom stereocenters. The van der Waals surface area contributed by atoms with E-state index in [0.717, 1.165) is 15.1 Å². The van der Waals surface area contributed by atoms with E-state index < -0.39 is 10.0 Å². The standard InChI is InChI=1S/C7H10BrNO3S2/c1-5(2)12-9-14(10,11)7-4-3-6(8)13-7/h3-5,9H,1-2H3. The van der Waals surface area contributed by atoms with Gasteiger partial charge in [-0.3, -0.25) is 4.84 Å². The Balaban J connectivity index is 2.76. The van der Waals surface area contributed by atoms with Crippen molar-refractivity contribution in [2.75, 3.05) is 0 Å². The Hall–Kier alpha value is 0.0500. The van der Waals surface area contributed by atoms with Gasteiger partial charge in [-0.25, -0.2) is 8.42 Å². The minimum absolute atomic E-state index is 0.187. The Morgan fingerprint density at radius 2 is 2.14 bits per heavy atom. The molecule has 0 aliphatic carbocycles. The zero-order valence-corrected chi connectivity index (χ0v) is 10.9. The molecule has 1 N–H and O–H groups in total. The number of thiophene rings is 1. The quantitative estimate of drug-likeness (QED) is 0.867. The summed E-state index contributed by atoms with van der Waals surface area (Å²) in [4.78, 5) is 6.87. The maximum Gasteiger partial charge on any atom is 0.271 e. The number of hydrogen-bond acceptors (Lipinski definition) is 4. The first kappa shape index (κ1) is 12.1. The normalized spacial score (nSPS) is 12.3. The summed E-state index contributed by atoms with van der Waals surface area (Å²) in [5.41, 5.74) is 0. The molecular weight excluding hydrogens is 290 g/mol. The van der Waals surface area contributed by atoms with Crippen molar-refractivity contribution in [1.82, 2.24) is 4.89 Å². The molecule has 0 saturated heterocycles. The molecule has 0 bridgehead atoms. The molecule has 0 amide bonds. The van der Waals surface area contributed by atoms with Crippen molar-refractivity contribution in [2.45, 2.75) is 24.2 Å². The lowest BCUT2D eigenvalue weighted by Crippen LogP contribution is -2.26. The molecule has 7 heteroatoms. The van der Waals surface area contributed by atoms with Crippen molar-refractivity contribution in [1.29, 1.82) is 0 Å². The molecular formula is C7H10BrNO3S2. The minimum atomic E-state index is -3.52. The van der Waals surface area contributed by atoms with Gasteiger partial charge in [0.15, 0.2) is 0 Å². The van der Waals surface area contributed by atoms with E-state index in [0.29, 0.717) is 0 Å². The highest BCUT2D eigenvalue weighted by molar-refractivity contribution is 9.11. The second kappa shape index (κ2) is 4.71. The van der Waals surface area contributed by atoms with Crippen LogP contribution in [0.1, 0.15) is 13.8 Å². The van der Waals surface area contributed by atoms with Crippen LogP contribution < -0.4 is 4.89 Å². The van der Waals surface area contributed by atoms with E-state index in [-0.39, 0.29) is 10.3 Å². The van der Waals surface area contributed by atoms with Gasteiger partial charge in [-0.1, -0.05) is 4.89 Å². The third kappa shape index (κ3) is 3.32.